The molecule has 0 aliphatic rings. The molecule has 0 unspecified atom stereocenters. The lowest BCUT2D eigenvalue weighted by atomic mass is 10.4. The Morgan fingerprint density at radius 2 is 2.45 bits per heavy atom. The zero-order valence-corrected chi connectivity index (χ0v) is 6.42. The number of aromatic amines is 1. The van der Waals surface area contributed by atoms with Gasteiger partial charge in [-0.25, -0.2) is 5.10 Å². The first-order chi connectivity index (χ1) is 5.33. The third-order valence-corrected chi connectivity index (χ3v) is 1.29. The average Bonchev–Trinajstić information content (AvgIpc) is 2.04. The zero-order valence-electron chi connectivity index (χ0n) is 6.42. The molecule has 0 spiro atoms. The largest absolute Gasteiger partial charge is 0.311 e. The van der Waals surface area contributed by atoms with Gasteiger partial charge < -0.3 is 5.32 Å². The highest BCUT2D eigenvalue weighted by molar-refractivity contribution is 4.98. The van der Waals surface area contributed by atoms with Gasteiger partial charge in [-0.1, -0.05) is 6.92 Å². The van der Waals surface area contributed by atoms with E-state index in [1.54, 1.807) is 6.07 Å². The van der Waals surface area contributed by atoms with Crippen LogP contribution in [0.15, 0.2) is 16.9 Å². The van der Waals surface area contributed by atoms with Crippen LogP contribution in [0.1, 0.15) is 12.6 Å². The third-order valence-electron chi connectivity index (χ3n) is 1.29. The maximum Gasteiger partial charge on any atom is 0.264 e. The minimum absolute atomic E-state index is 0.162. The van der Waals surface area contributed by atoms with Gasteiger partial charge in [-0.3, -0.25) is 4.79 Å². The molecule has 0 aliphatic heterocycles. The highest BCUT2D eigenvalue weighted by atomic mass is 16.1. The molecule has 1 aromatic rings. The Balaban J connectivity index is 2.59. The van der Waals surface area contributed by atoms with Crippen LogP contribution in [0.5, 0.6) is 0 Å². The van der Waals surface area contributed by atoms with E-state index in [1.165, 1.54) is 6.07 Å². The van der Waals surface area contributed by atoms with Crippen LogP contribution < -0.4 is 10.9 Å². The van der Waals surface area contributed by atoms with E-state index in [9.17, 15) is 4.79 Å². The first-order valence-corrected chi connectivity index (χ1v) is 3.58. The Kier molecular flexibility index (Phi) is 2.80. The predicted molar refractivity (Wildman–Crippen MR) is 42.2 cm³/mol. The molecule has 1 heterocycles. The molecular formula is C7H11N3O. The van der Waals surface area contributed by atoms with Gasteiger partial charge in [-0.15, -0.1) is 0 Å². The summed E-state index contributed by atoms with van der Waals surface area (Å²) >= 11 is 0. The minimum Gasteiger partial charge on any atom is -0.311 e. The van der Waals surface area contributed by atoms with Gasteiger partial charge in [0.2, 0.25) is 0 Å². The monoisotopic (exact) mass is 153 g/mol. The smallest absolute Gasteiger partial charge is 0.264 e. The van der Waals surface area contributed by atoms with Crippen LogP contribution >= 0.6 is 0 Å². The molecule has 0 aromatic carbocycles. The van der Waals surface area contributed by atoms with Gasteiger partial charge in [0.1, 0.15) is 0 Å². The maximum absolute atomic E-state index is 10.6. The van der Waals surface area contributed by atoms with Crippen molar-refractivity contribution in [3.8, 4) is 0 Å². The van der Waals surface area contributed by atoms with Gasteiger partial charge in [0.25, 0.3) is 5.56 Å². The summed E-state index contributed by atoms with van der Waals surface area (Å²) < 4.78 is 0. The fourth-order valence-electron chi connectivity index (χ4n) is 0.725. The second-order valence-corrected chi connectivity index (χ2v) is 2.19. The highest BCUT2D eigenvalue weighted by Crippen LogP contribution is 1.85. The topological polar surface area (TPSA) is 57.8 Å². The van der Waals surface area contributed by atoms with Crippen molar-refractivity contribution in [3.63, 3.8) is 0 Å². The second kappa shape index (κ2) is 3.88. The number of hydrogen-bond acceptors (Lipinski definition) is 3. The molecule has 0 atom stereocenters. The number of aromatic nitrogens is 2. The van der Waals surface area contributed by atoms with E-state index in [4.69, 9.17) is 0 Å². The van der Waals surface area contributed by atoms with E-state index in [0.29, 0.717) is 6.54 Å². The van der Waals surface area contributed by atoms with Gasteiger partial charge in [-0.05, 0) is 12.6 Å². The summed E-state index contributed by atoms with van der Waals surface area (Å²) in [5.74, 6) is 0. The highest BCUT2D eigenvalue weighted by Gasteiger charge is 1.90. The first kappa shape index (κ1) is 7.94. The van der Waals surface area contributed by atoms with Crippen LogP contribution in [0.25, 0.3) is 0 Å². The molecule has 1 rings (SSSR count). The van der Waals surface area contributed by atoms with Crippen LogP contribution in [0, 0.1) is 0 Å². The predicted octanol–water partition coefficient (Wildman–Crippen LogP) is -0.121. The van der Waals surface area contributed by atoms with Crippen molar-refractivity contribution >= 4 is 0 Å². The molecule has 1 aromatic heterocycles. The fraction of sp³-hybridized carbons (Fsp3) is 0.429. The van der Waals surface area contributed by atoms with Gasteiger partial charge in [0, 0.05) is 12.6 Å². The number of nitrogens with one attached hydrogen (secondary N) is 2. The second-order valence-electron chi connectivity index (χ2n) is 2.19. The van der Waals surface area contributed by atoms with E-state index in [-0.39, 0.29) is 5.56 Å². The van der Waals surface area contributed by atoms with Crippen molar-refractivity contribution in [2.24, 2.45) is 0 Å². The molecule has 0 aliphatic carbocycles. The summed E-state index contributed by atoms with van der Waals surface area (Å²) in [5, 5.41) is 9.28. The normalized spacial score (nSPS) is 9.91. The van der Waals surface area contributed by atoms with Crippen LogP contribution in [0.3, 0.4) is 0 Å². The van der Waals surface area contributed by atoms with E-state index in [0.717, 1.165) is 12.2 Å². The SMILES string of the molecule is CCNCc1ccc(=O)[nH]n1. The molecular weight excluding hydrogens is 142 g/mol. The first-order valence-electron chi connectivity index (χ1n) is 3.58. The molecule has 0 radical (unpaired) electrons. The van der Waals surface area contributed by atoms with Gasteiger partial charge in [0.05, 0.1) is 5.69 Å². The maximum atomic E-state index is 10.6. The van der Waals surface area contributed by atoms with E-state index in [1.807, 2.05) is 6.92 Å². The van der Waals surface area contributed by atoms with Crippen molar-refractivity contribution in [2.45, 2.75) is 13.5 Å². The van der Waals surface area contributed by atoms with Crippen molar-refractivity contribution in [2.75, 3.05) is 6.54 Å². The molecule has 11 heavy (non-hydrogen) atoms. The summed E-state index contributed by atoms with van der Waals surface area (Å²) in [7, 11) is 0. The quantitative estimate of drug-likeness (QED) is 0.636. The summed E-state index contributed by atoms with van der Waals surface area (Å²) in [6, 6.07) is 3.18. The molecule has 0 saturated heterocycles. The van der Waals surface area contributed by atoms with E-state index >= 15 is 0 Å². The Bertz CT molecular complexity index is 248. The molecule has 0 bridgehead atoms. The molecule has 2 N–H and O–H groups in total. The summed E-state index contributed by atoms with van der Waals surface area (Å²) in [6.07, 6.45) is 0. The molecule has 4 nitrogen and oxygen atoms in total. The lowest BCUT2D eigenvalue weighted by Gasteiger charge is -1.97. The van der Waals surface area contributed by atoms with Crippen LogP contribution in [-0.4, -0.2) is 16.7 Å². The Labute approximate surface area is 64.6 Å². The van der Waals surface area contributed by atoms with Crippen LogP contribution in [-0.2, 0) is 6.54 Å². The van der Waals surface area contributed by atoms with Crippen molar-refractivity contribution in [1.29, 1.82) is 0 Å². The Morgan fingerprint density at radius 3 is 3.00 bits per heavy atom. The lowest BCUT2D eigenvalue weighted by Crippen LogP contribution is -2.15. The number of hydrogen-bond donors (Lipinski definition) is 2. The average molecular weight is 153 g/mol. The fourth-order valence-corrected chi connectivity index (χ4v) is 0.725. The van der Waals surface area contributed by atoms with E-state index < -0.39 is 0 Å². The van der Waals surface area contributed by atoms with E-state index in [2.05, 4.69) is 15.5 Å². The van der Waals surface area contributed by atoms with Crippen molar-refractivity contribution in [1.82, 2.24) is 15.5 Å². The molecule has 60 valence electrons. The molecule has 0 amide bonds. The third kappa shape index (κ3) is 2.51. The standard InChI is InChI=1S/C7H11N3O/c1-2-8-5-6-3-4-7(11)10-9-6/h3-4,8H,2,5H2,1H3,(H,10,11). The molecule has 4 heteroatoms. The number of nitrogens with zero attached hydrogens (tertiary/aromatic N) is 1. The lowest BCUT2D eigenvalue weighted by molar-refractivity contribution is 0.696. The number of rotatable bonds is 3. The van der Waals surface area contributed by atoms with Gasteiger partial charge in [0.15, 0.2) is 0 Å². The Morgan fingerprint density at radius 1 is 1.64 bits per heavy atom. The number of H-pyrrole nitrogens is 1. The minimum atomic E-state index is -0.162. The molecule has 0 saturated carbocycles. The van der Waals surface area contributed by atoms with Crippen molar-refractivity contribution < 1.29 is 0 Å². The summed E-state index contributed by atoms with van der Waals surface area (Å²) in [6.45, 7) is 3.62. The van der Waals surface area contributed by atoms with Crippen LogP contribution in [0.2, 0.25) is 0 Å². The zero-order chi connectivity index (χ0) is 8.10. The van der Waals surface area contributed by atoms with Crippen LogP contribution in [0.4, 0.5) is 0 Å². The summed E-state index contributed by atoms with van der Waals surface area (Å²) in [5.41, 5.74) is 0.691. The Hall–Kier alpha value is -1.16. The van der Waals surface area contributed by atoms with Crippen molar-refractivity contribution in [3.05, 3.63) is 28.2 Å². The molecule has 0 fully saturated rings. The van der Waals surface area contributed by atoms with Gasteiger partial charge in [-0.2, -0.15) is 5.10 Å². The summed E-state index contributed by atoms with van der Waals surface area (Å²) in [4.78, 5) is 10.6. The van der Waals surface area contributed by atoms with Gasteiger partial charge >= 0.3 is 0 Å².